The van der Waals surface area contributed by atoms with Crippen molar-refractivity contribution in [3.05, 3.63) is 440 Å². The molecular formula is C115H87N13. The van der Waals surface area contributed by atoms with Gasteiger partial charge < -0.3 is 0 Å². The van der Waals surface area contributed by atoms with Gasteiger partial charge in [-0.2, -0.15) is 0 Å². The zero-order valence-electron chi connectivity index (χ0n) is 71.9. The van der Waals surface area contributed by atoms with E-state index in [0.717, 1.165) is 140 Å². The lowest BCUT2D eigenvalue weighted by atomic mass is 9.82. The summed E-state index contributed by atoms with van der Waals surface area (Å²) in [4.78, 5) is 62.8. The summed E-state index contributed by atoms with van der Waals surface area (Å²) in [6.07, 6.45) is 1.90. The maximum absolute atomic E-state index is 5.11. The highest BCUT2D eigenvalue weighted by atomic mass is 15.1. The molecule has 20 aromatic rings. The standard InChI is InChI=1S/C48H37N5.C34H26N4.C33H24N4/c1-30-28-31(2)50-44(49-30)36-20-16-34(17-21-36)35-18-24-38(25-19-35)46-51-45(37-22-14-33(15-23-37)32-10-6-5-7-11-32)52-47(53-46)39-26-27-41-40-12-8-9-13-42(40)48(3,4)43(41)29-39;1-23-13-22-31(24(2)35-23)27-16-20-30(21-17-27)34-37-32(28-11-7-4-8-12-28)36-33(38-34)29-18-14-26(15-19-29)25-9-5-3-6-10-25;1-23-12-13-30(22-34-23)26-16-20-29(21-17-26)33-36-31(27-10-6-3-7-11-27)35-32(37-33)28-18-14-25(15-19-28)24-8-4-2-5-9-24/h5-29H,1-4H3;3-22H,1-2H3;2-22H,1H3. The molecule has 0 aliphatic heterocycles. The molecule has 1 aliphatic rings. The van der Waals surface area contributed by atoms with Crippen molar-refractivity contribution in [3.63, 3.8) is 0 Å². The van der Waals surface area contributed by atoms with Gasteiger partial charge >= 0.3 is 0 Å². The summed E-state index contributed by atoms with van der Waals surface area (Å²) in [5, 5.41) is 0. The second-order valence-electron chi connectivity index (χ2n) is 32.5. The van der Waals surface area contributed by atoms with Gasteiger partial charge in [-0.25, -0.2) is 54.8 Å². The van der Waals surface area contributed by atoms with E-state index in [-0.39, 0.29) is 5.41 Å². The molecule has 0 fully saturated rings. The Kier molecular flexibility index (Phi) is 22.9. The highest BCUT2D eigenvalue weighted by molar-refractivity contribution is 5.85. The van der Waals surface area contributed by atoms with E-state index in [1.54, 1.807) is 0 Å². The van der Waals surface area contributed by atoms with Gasteiger partial charge in [-0.05, 0) is 137 Å². The lowest BCUT2D eigenvalue weighted by Gasteiger charge is -2.21. The van der Waals surface area contributed by atoms with Gasteiger partial charge in [0.25, 0.3) is 0 Å². The van der Waals surface area contributed by atoms with Gasteiger partial charge in [0.15, 0.2) is 58.2 Å². The summed E-state index contributed by atoms with van der Waals surface area (Å²) in [5.74, 6) is 6.56. The van der Waals surface area contributed by atoms with Crippen molar-refractivity contribution in [2.24, 2.45) is 0 Å². The van der Waals surface area contributed by atoms with E-state index >= 15 is 0 Å². The van der Waals surface area contributed by atoms with Crippen LogP contribution >= 0.6 is 0 Å². The van der Waals surface area contributed by atoms with Crippen LogP contribution in [0.5, 0.6) is 0 Å². The molecule has 0 N–H and O–H groups in total. The van der Waals surface area contributed by atoms with Crippen molar-refractivity contribution in [1.29, 1.82) is 0 Å². The molecule has 21 rings (SSSR count). The smallest absolute Gasteiger partial charge is 0.164 e. The molecule has 0 saturated heterocycles. The van der Waals surface area contributed by atoms with Crippen molar-refractivity contribution < 1.29 is 0 Å². The lowest BCUT2D eigenvalue weighted by molar-refractivity contribution is 0.660. The fraction of sp³-hybridized carbons (Fsp3) is 0.0696. The molecule has 0 bridgehead atoms. The topological polar surface area (TPSA) is 168 Å². The van der Waals surface area contributed by atoms with Crippen LogP contribution in [-0.4, -0.2) is 64.8 Å². The molecule has 128 heavy (non-hydrogen) atoms. The van der Waals surface area contributed by atoms with Crippen LogP contribution in [0.15, 0.2) is 401 Å². The Morgan fingerprint density at radius 3 is 0.719 bits per heavy atom. The fourth-order valence-corrected chi connectivity index (χ4v) is 16.4. The maximum Gasteiger partial charge on any atom is 0.164 e. The molecule has 0 radical (unpaired) electrons. The van der Waals surface area contributed by atoms with Gasteiger partial charge in [0.1, 0.15) is 0 Å². The van der Waals surface area contributed by atoms with E-state index in [1.165, 1.54) is 38.9 Å². The predicted octanol–water partition coefficient (Wildman–Crippen LogP) is 27.7. The number of hydrogen-bond donors (Lipinski definition) is 0. The van der Waals surface area contributed by atoms with E-state index < -0.39 is 0 Å². The summed E-state index contributed by atoms with van der Waals surface area (Å²) < 4.78 is 0. The third-order valence-electron chi connectivity index (χ3n) is 23.2. The number of fused-ring (bicyclic) bond motifs is 3. The largest absolute Gasteiger partial charge is 0.261 e. The van der Waals surface area contributed by atoms with Gasteiger partial charge in [-0.15, -0.1) is 0 Å². The molecule has 1 aliphatic carbocycles. The molecule has 6 heterocycles. The van der Waals surface area contributed by atoms with E-state index in [9.17, 15) is 0 Å². The number of aryl methyl sites for hydroxylation is 5. The van der Waals surface area contributed by atoms with Crippen LogP contribution in [0.4, 0.5) is 0 Å². The van der Waals surface area contributed by atoms with Gasteiger partial charge in [0.2, 0.25) is 0 Å². The summed E-state index contributed by atoms with van der Waals surface area (Å²) in [6.45, 7) is 14.6. The second-order valence-corrected chi connectivity index (χ2v) is 32.5. The third-order valence-corrected chi connectivity index (χ3v) is 23.2. The number of benzene rings is 14. The van der Waals surface area contributed by atoms with E-state index in [4.69, 9.17) is 44.9 Å². The highest BCUT2D eigenvalue weighted by Gasteiger charge is 2.36. The summed E-state index contributed by atoms with van der Waals surface area (Å²) in [7, 11) is 0. The Balaban J connectivity index is 0.000000128. The molecule has 612 valence electrons. The van der Waals surface area contributed by atoms with E-state index in [0.29, 0.717) is 52.4 Å². The minimum absolute atomic E-state index is 0.131. The molecule has 6 aromatic heterocycles. The molecule has 0 unspecified atom stereocenters. The van der Waals surface area contributed by atoms with Crippen LogP contribution in [0.25, 0.3) is 192 Å². The number of rotatable bonds is 16. The number of hydrogen-bond acceptors (Lipinski definition) is 13. The highest BCUT2D eigenvalue weighted by Crippen LogP contribution is 2.50. The summed E-state index contributed by atoms with van der Waals surface area (Å²) in [6, 6.07) is 136. The van der Waals surface area contributed by atoms with Crippen molar-refractivity contribution in [3.8, 4) is 192 Å². The van der Waals surface area contributed by atoms with Crippen molar-refractivity contribution in [2.75, 3.05) is 0 Å². The average Bonchev–Trinajstić information content (AvgIpc) is 1.58. The Hall–Kier alpha value is -16.5. The first kappa shape index (κ1) is 81.2. The first-order valence-electron chi connectivity index (χ1n) is 42.9. The van der Waals surface area contributed by atoms with Crippen molar-refractivity contribution in [2.45, 2.75) is 53.9 Å². The minimum atomic E-state index is -0.131. The quantitative estimate of drug-likeness (QED) is 0.0897. The Bertz CT molecular complexity index is 7310. The normalized spacial score (nSPS) is 11.6. The average molecular weight is 1650 g/mol. The molecule has 0 spiro atoms. The van der Waals surface area contributed by atoms with Crippen LogP contribution in [0.3, 0.4) is 0 Å². The molecule has 13 nitrogen and oxygen atoms in total. The maximum atomic E-state index is 5.11. The van der Waals surface area contributed by atoms with Gasteiger partial charge in [0.05, 0.1) is 0 Å². The number of aromatic nitrogens is 13. The SMILES string of the molecule is Cc1cc(C)nc(-c2ccc(-c3ccc(-c4nc(-c5ccc(-c6ccccc6)cc5)nc(-c5ccc6c(c5)C(C)(C)c5ccccc5-6)n4)cc3)cc2)n1.Cc1ccc(-c2ccc(-c3nc(-c4ccccc4)nc(-c4ccc(-c5ccccc5)cc4)n3)cc2)c(C)n1.Cc1ccc(-c2ccc(-c3nc(-c4ccccc4)nc(-c4ccc(-c5ccccc5)cc4)n3)cc2)cn1. The summed E-state index contributed by atoms with van der Waals surface area (Å²) in [5.41, 5.74) is 33.2. The van der Waals surface area contributed by atoms with Crippen LogP contribution in [0, 0.1) is 34.6 Å². The zero-order chi connectivity index (χ0) is 87.0. The monoisotopic (exact) mass is 1650 g/mol. The lowest BCUT2D eigenvalue weighted by Crippen LogP contribution is -2.15. The van der Waals surface area contributed by atoms with Gasteiger partial charge in [-0.1, -0.05) is 384 Å². The Morgan fingerprint density at radius 1 is 0.156 bits per heavy atom. The number of pyridine rings is 2. The Morgan fingerprint density at radius 2 is 0.391 bits per heavy atom. The number of nitrogens with zero attached hydrogens (tertiary/aromatic N) is 13. The summed E-state index contributed by atoms with van der Waals surface area (Å²) >= 11 is 0. The Labute approximate surface area is 745 Å². The first-order chi connectivity index (χ1) is 62.7. The van der Waals surface area contributed by atoms with Crippen molar-refractivity contribution >= 4 is 0 Å². The molecule has 13 heteroatoms. The third kappa shape index (κ3) is 17.9. The van der Waals surface area contributed by atoms with E-state index in [1.807, 2.05) is 150 Å². The van der Waals surface area contributed by atoms with Crippen molar-refractivity contribution in [1.82, 2.24) is 64.8 Å². The molecule has 0 atom stereocenters. The molecular weight excluding hydrogens is 1560 g/mol. The first-order valence-corrected chi connectivity index (χ1v) is 42.9. The predicted molar refractivity (Wildman–Crippen MR) is 519 cm³/mol. The molecule has 0 amide bonds. The fourth-order valence-electron chi connectivity index (χ4n) is 16.4. The van der Waals surface area contributed by atoms with Gasteiger partial charge in [0, 0.05) is 107 Å². The van der Waals surface area contributed by atoms with Crippen LogP contribution in [0.2, 0.25) is 0 Å². The van der Waals surface area contributed by atoms with Crippen LogP contribution in [-0.2, 0) is 5.41 Å². The van der Waals surface area contributed by atoms with Crippen LogP contribution < -0.4 is 0 Å². The van der Waals surface area contributed by atoms with E-state index in [2.05, 4.69) is 319 Å². The van der Waals surface area contributed by atoms with Gasteiger partial charge in [-0.3, -0.25) is 9.97 Å². The second kappa shape index (κ2) is 36.1. The molecule has 14 aromatic carbocycles. The molecule has 0 saturated carbocycles. The minimum Gasteiger partial charge on any atom is -0.261 e. The van der Waals surface area contributed by atoms with Crippen LogP contribution in [0.1, 0.15) is 53.4 Å². The zero-order valence-corrected chi connectivity index (χ0v) is 71.9.